The van der Waals surface area contributed by atoms with Crippen LogP contribution >= 0.6 is 0 Å². The summed E-state index contributed by atoms with van der Waals surface area (Å²) in [7, 11) is 3.32. The summed E-state index contributed by atoms with van der Waals surface area (Å²) in [5.74, 6) is 3.63. The SMILES string of the molecule is COc1cccc(CCC(=O)N2CCC[C@H]2c2nc3ccc(-c4ccc(-c5ccc6nc([C@@H]7CCCN7C(=O)CCc7cccc(OC)c7)[nH]c6c5)cc4)cc3[nH]2)c1. The average Bonchev–Trinajstić information content (AvgIpc) is 4.10. The maximum Gasteiger partial charge on any atom is 0.223 e. The third-order valence-corrected chi connectivity index (χ3v) is 11.9. The van der Waals surface area contributed by atoms with Gasteiger partial charge in [0.05, 0.1) is 48.4 Å². The van der Waals surface area contributed by atoms with Crippen LogP contribution in [0.1, 0.15) is 73.4 Å². The first kappa shape index (κ1) is 37.2. The Kier molecular flexibility index (Phi) is 10.4. The number of nitrogens with zero attached hydrogens (tertiary/aromatic N) is 4. The highest BCUT2D eigenvalue weighted by Crippen LogP contribution is 2.36. The van der Waals surface area contributed by atoms with Gasteiger partial charge in [-0.2, -0.15) is 0 Å². The molecule has 0 bridgehead atoms. The number of aromatic nitrogens is 4. The molecule has 0 spiro atoms. The summed E-state index contributed by atoms with van der Waals surface area (Å²) in [6.45, 7) is 1.49. The van der Waals surface area contributed by atoms with E-state index in [-0.39, 0.29) is 23.9 Å². The van der Waals surface area contributed by atoms with Crippen molar-refractivity contribution in [3.63, 3.8) is 0 Å². The summed E-state index contributed by atoms with van der Waals surface area (Å²) in [6.07, 6.45) is 5.98. The van der Waals surface area contributed by atoms with Gasteiger partial charge in [-0.1, -0.05) is 60.7 Å². The van der Waals surface area contributed by atoms with Gasteiger partial charge in [0.2, 0.25) is 11.8 Å². The number of hydrogen-bond acceptors (Lipinski definition) is 6. The number of aryl methyl sites for hydroxylation is 2. The van der Waals surface area contributed by atoms with Crippen LogP contribution in [0.25, 0.3) is 44.3 Å². The second-order valence-corrected chi connectivity index (χ2v) is 15.5. The van der Waals surface area contributed by atoms with E-state index in [9.17, 15) is 9.59 Å². The van der Waals surface area contributed by atoms with Crippen LogP contribution in [-0.4, -0.2) is 68.9 Å². The molecule has 2 saturated heterocycles. The maximum atomic E-state index is 13.4. The fourth-order valence-corrected chi connectivity index (χ4v) is 8.73. The Morgan fingerprint density at radius 1 is 0.586 bits per heavy atom. The Morgan fingerprint density at radius 3 is 1.45 bits per heavy atom. The van der Waals surface area contributed by atoms with E-state index in [1.807, 2.05) is 58.3 Å². The second kappa shape index (κ2) is 16.2. The third kappa shape index (κ3) is 7.66. The summed E-state index contributed by atoms with van der Waals surface area (Å²) < 4.78 is 10.7. The van der Waals surface area contributed by atoms with Crippen molar-refractivity contribution < 1.29 is 19.1 Å². The van der Waals surface area contributed by atoms with Gasteiger partial charge in [0.15, 0.2) is 0 Å². The first-order valence-electron chi connectivity index (χ1n) is 20.4. The van der Waals surface area contributed by atoms with Crippen molar-refractivity contribution >= 4 is 33.9 Å². The van der Waals surface area contributed by atoms with Gasteiger partial charge < -0.3 is 29.2 Å². The zero-order valence-electron chi connectivity index (χ0n) is 33.0. The number of H-pyrrole nitrogens is 2. The normalized spacial score (nSPS) is 16.7. The van der Waals surface area contributed by atoms with Gasteiger partial charge in [0, 0.05) is 25.9 Å². The van der Waals surface area contributed by atoms with E-state index >= 15 is 0 Å². The van der Waals surface area contributed by atoms with Crippen LogP contribution in [0, 0.1) is 0 Å². The van der Waals surface area contributed by atoms with E-state index < -0.39 is 0 Å². The fraction of sp³-hybridized carbons (Fsp3) is 0.292. The number of rotatable bonds is 12. The lowest BCUT2D eigenvalue weighted by Gasteiger charge is -2.23. The smallest absolute Gasteiger partial charge is 0.223 e. The van der Waals surface area contributed by atoms with Gasteiger partial charge in [-0.05, 0) is 120 Å². The molecule has 2 aromatic heterocycles. The number of benzene rings is 5. The first-order chi connectivity index (χ1) is 28.4. The predicted octanol–water partition coefficient (Wildman–Crippen LogP) is 9.38. The predicted molar refractivity (Wildman–Crippen MR) is 227 cm³/mol. The van der Waals surface area contributed by atoms with E-state index in [1.54, 1.807) is 14.2 Å². The number of ether oxygens (including phenoxy) is 2. The minimum atomic E-state index is -0.0498. The van der Waals surface area contributed by atoms with Crippen molar-refractivity contribution in [3.8, 4) is 33.8 Å². The quantitative estimate of drug-likeness (QED) is 0.128. The number of imidazole rings is 2. The Hall–Kier alpha value is -6.42. The van der Waals surface area contributed by atoms with Crippen LogP contribution in [0.4, 0.5) is 0 Å². The molecule has 7 aromatic rings. The Bertz CT molecular complexity index is 2410. The minimum Gasteiger partial charge on any atom is -0.497 e. The van der Waals surface area contributed by atoms with Crippen molar-refractivity contribution in [2.45, 2.75) is 63.5 Å². The average molecular weight is 773 g/mol. The third-order valence-electron chi connectivity index (χ3n) is 11.9. The zero-order valence-corrected chi connectivity index (χ0v) is 33.0. The minimum absolute atomic E-state index is 0.0498. The van der Waals surface area contributed by atoms with Gasteiger partial charge >= 0.3 is 0 Å². The Labute approximate surface area is 338 Å². The summed E-state index contributed by atoms with van der Waals surface area (Å²) in [4.78, 5) is 47.8. The largest absolute Gasteiger partial charge is 0.497 e. The molecule has 2 aliphatic rings. The molecule has 2 amide bonds. The van der Waals surface area contributed by atoms with Crippen LogP contribution in [0.3, 0.4) is 0 Å². The van der Waals surface area contributed by atoms with E-state index in [1.165, 1.54) is 0 Å². The lowest BCUT2D eigenvalue weighted by molar-refractivity contribution is -0.133. The first-order valence-corrected chi connectivity index (χ1v) is 20.4. The van der Waals surface area contributed by atoms with E-state index in [4.69, 9.17) is 19.4 Å². The van der Waals surface area contributed by atoms with Crippen LogP contribution < -0.4 is 9.47 Å². The fourth-order valence-electron chi connectivity index (χ4n) is 8.73. The van der Waals surface area contributed by atoms with E-state index in [2.05, 4.69) is 70.6 Å². The molecule has 2 aliphatic heterocycles. The molecule has 2 fully saturated rings. The zero-order chi connectivity index (χ0) is 39.6. The van der Waals surface area contributed by atoms with Gasteiger partial charge in [0.1, 0.15) is 23.1 Å². The van der Waals surface area contributed by atoms with Crippen molar-refractivity contribution in [3.05, 3.63) is 132 Å². The molecule has 0 aliphatic carbocycles. The number of amides is 2. The van der Waals surface area contributed by atoms with Crippen LogP contribution in [0.5, 0.6) is 11.5 Å². The standard InChI is InChI=1S/C48H48N6O4/c1-57-37-9-3-7-31(27-37)13-23-45(55)53-25-5-11-43(53)47-49-39-21-19-35(29-41(39)51-47)33-15-17-34(18-16-33)36-20-22-40-42(30-36)52-48(50-40)44-12-6-26-54(44)46(56)24-14-32-8-4-10-38(28-32)58-2/h3-4,7-10,15-22,27-30,43-44H,5-6,11-14,23-26H2,1-2H3,(H,49,51)(H,50,52)/t43-,44-/m0/s1. The summed E-state index contributed by atoms with van der Waals surface area (Å²) in [6, 6.07) is 37.0. The van der Waals surface area contributed by atoms with Crippen LogP contribution in [0.2, 0.25) is 0 Å². The summed E-state index contributed by atoms with van der Waals surface area (Å²) in [5.41, 5.74) is 10.3. The lowest BCUT2D eigenvalue weighted by Crippen LogP contribution is -2.31. The topological polar surface area (TPSA) is 116 Å². The lowest BCUT2D eigenvalue weighted by atomic mass is 10.00. The molecule has 10 heteroatoms. The van der Waals surface area contributed by atoms with Crippen molar-refractivity contribution in [1.29, 1.82) is 0 Å². The number of methoxy groups -OCH3 is 2. The molecule has 0 saturated carbocycles. The van der Waals surface area contributed by atoms with Crippen LogP contribution in [-0.2, 0) is 22.4 Å². The maximum absolute atomic E-state index is 13.4. The molecule has 10 nitrogen and oxygen atoms in total. The molecule has 0 radical (unpaired) electrons. The Morgan fingerprint density at radius 2 is 1.02 bits per heavy atom. The highest BCUT2D eigenvalue weighted by molar-refractivity contribution is 5.85. The molecule has 5 aromatic carbocycles. The molecule has 58 heavy (non-hydrogen) atoms. The van der Waals surface area contributed by atoms with Gasteiger partial charge in [0.25, 0.3) is 0 Å². The molecular formula is C48H48N6O4. The number of likely N-dealkylation sites (tertiary alicyclic amines) is 2. The summed E-state index contributed by atoms with van der Waals surface area (Å²) >= 11 is 0. The molecule has 2 N–H and O–H groups in total. The molecule has 294 valence electrons. The van der Waals surface area contributed by atoms with Gasteiger partial charge in [-0.15, -0.1) is 0 Å². The number of carbonyl (C=O) groups excluding carboxylic acids is 2. The van der Waals surface area contributed by atoms with Crippen molar-refractivity contribution in [2.75, 3.05) is 27.3 Å². The van der Waals surface area contributed by atoms with Crippen molar-refractivity contribution in [2.24, 2.45) is 0 Å². The van der Waals surface area contributed by atoms with Crippen molar-refractivity contribution in [1.82, 2.24) is 29.7 Å². The molecule has 2 atom stereocenters. The van der Waals surface area contributed by atoms with Gasteiger partial charge in [-0.25, -0.2) is 9.97 Å². The highest BCUT2D eigenvalue weighted by Gasteiger charge is 2.33. The number of hydrogen-bond donors (Lipinski definition) is 2. The van der Waals surface area contributed by atoms with Crippen LogP contribution in [0.15, 0.2) is 109 Å². The number of nitrogens with one attached hydrogen (secondary N) is 2. The second-order valence-electron chi connectivity index (χ2n) is 15.5. The molecular weight excluding hydrogens is 725 g/mol. The van der Waals surface area contributed by atoms with Gasteiger partial charge in [-0.3, -0.25) is 9.59 Å². The molecule has 4 heterocycles. The molecule has 9 rings (SSSR count). The van der Waals surface area contributed by atoms with E-state index in [0.717, 1.165) is 117 Å². The van der Waals surface area contributed by atoms with E-state index in [0.29, 0.717) is 25.7 Å². The number of fused-ring (bicyclic) bond motifs is 2. The number of aromatic amines is 2. The highest BCUT2D eigenvalue weighted by atomic mass is 16.5. The Balaban J connectivity index is 0.858. The summed E-state index contributed by atoms with van der Waals surface area (Å²) in [5, 5.41) is 0. The monoisotopic (exact) mass is 772 g/mol. The molecule has 0 unspecified atom stereocenters. The number of carbonyl (C=O) groups is 2.